The molecule has 0 N–H and O–H groups in total. The first-order valence-corrected chi connectivity index (χ1v) is 11.1. The Labute approximate surface area is 173 Å². The molecule has 144 valence electrons. The predicted octanol–water partition coefficient (Wildman–Crippen LogP) is 7.31. The molecule has 0 bridgehead atoms. The van der Waals surface area contributed by atoms with Gasteiger partial charge in [0.2, 0.25) is 0 Å². The predicted molar refractivity (Wildman–Crippen MR) is 123 cm³/mol. The van der Waals surface area contributed by atoms with Crippen molar-refractivity contribution in [2.24, 2.45) is 0 Å². The summed E-state index contributed by atoms with van der Waals surface area (Å²) >= 11 is 0. The molecule has 1 saturated carbocycles. The Hall–Kier alpha value is -2.64. The Bertz CT molecular complexity index is 1110. The minimum absolute atomic E-state index is 0.723. The molecule has 1 heteroatoms. The van der Waals surface area contributed by atoms with E-state index in [4.69, 9.17) is 0 Å². The minimum Gasteiger partial charge on any atom is -0.292 e. The number of hydrogen-bond acceptors (Lipinski definition) is 1. The van der Waals surface area contributed by atoms with Gasteiger partial charge in [-0.1, -0.05) is 92.1 Å². The van der Waals surface area contributed by atoms with Gasteiger partial charge in [0, 0.05) is 19.1 Å². The van der Waals surface area contributed by atoms with Crippen LogP contribution in [0.1, 0.15) is 43.2 Å². The number of fused-ring (bicyclic) bond motifs is 7. The molecule has 0 saturated heterocycles. The first kappa shape index (κ1) is 17.2. The van der Waals surface area contributed by atoms with E-state index in [-0.39, 0.29) is 0 Å². The third kappa shape index (κ3) is 2.88. The number of rotatable bonds is 1. The average Bonchev–Trinajstić information content (AvgIpc) is 2.97. The normalized spacial score (nSPS) is 17.8. The summed E-state index contributed by atoms with van der Waals surface area (Å²) in [6, 6.07) is 28.0. The lowest BCUT2D eigenvalue weighted by Gasteiger charge is -2.33. The molecule has 2 aliphatic rings. The largest absolute Gasteiger partial charge is 0.292 e. The van der Waals surface area contributed by atoms with Crippen molar-refractivity contribution >= 4 is 21.5 Å². The van der Waals surface area contributed by atoms with Crippen LogP contribution in [-0.2, 0) is 13.1 Å². The standard InChI is InChI=1S/C28H27N/c1-2-10-24(11-3-1)29-18-22-16-14-20-8-4-6-12-25(20)27(22)28-23(19-29)17-15-21-9-5-7-13-26(21)28/h4-9,12-17,24H,1-3,10-11,18-19H2. The van der Waals surface area contributed by atoms with Crippen molar-refractivity contribution in [3.8, 4) is 11.1 Å². The molecule has 1 heterocycles. The molecule has 0 atom stereocenters. The molecule has 0 spiro atoms. The van der Waals surface area contributed by atoms with E-state index >= 15 is 0 Å². The van der Waals surface area contributed by atoms with Gasteiger partial charge in [-0.3, -0.25) is 4.90 Å². The van der Waals surface area contributed by atoms with E-state index < -0.39 is 0 Å². The fourth-order valence-corrected chi connectivity index (χ4v) is 5.69. The van der Waals surface area contributed by atoms with E-state index in [0.717, 1.165) is 19.1 Å². The summed E-state index contributed by atoms with van der Waals surface area (Å²) in [5.74, 6) is 0. The average molecular weight is 378 g/mol. The summed E-state index contributed by atoms with van der Waals surface area (Å²) in [7, 11) is 0. The quantitative estimate of drug-likeness (QED) is 0.336. The molecule has 4 aromatic rings. The third-order valence-electron chi connectivity index (χ3n) is 7.12. The zero-order chi connectivity index (χ0) is 19.2. The molecular weight excluding hydrogens is 350 g/mol. The first-order chi connectivity index (χ1) is 14.4. The Morgan fingerprint density at radius 1 is 0.552 bits per heavy atom. The van der Waals surface area contributed by atoms with Gasteiger partial charge in [-0.05, 0) is 56.6 Å². The zero-order valence-electron chi connectivity index (χ0n) is 16.9. The van der Waals surface area contributed by atoms with Crippen LogP contribution in [0.3, 0.4) is 0 Å². The second-order valence-electron chi connectivity index (χ2n) is 8.84. The Kier molecular flexibility index (Phi) is 4.16. The smallest absolute Gasteiger partial charge is 0.0246 e. The molecule has 0 amide bonds. The summed E-state index contributed by atoms with van der Waals surface area (Å²) in [6.45, 7) is 2.13. The van der Waals surface area contributed by atoms with Crippen LogP contribution in [0.5, 0.6) is 0 Å². The van der Waals surface area contributed by atoms with Crippen LogP contribution in [-0.4, -0.2) is 10.9 Å². The van der Waals surface area contributed by atoms with Gasteiger partial charge >= 0.3 is 0 Å². The van der Waals surface area contributed by atoms with Crippen molar-refractivity contribution in [2.75, 3.05) is 0 Å². The van der Waals surface area contributed by atoms with Crippen molar-refractivity contribution in [1.29, 1.82) is 0 Å². The molecule has 0 unspecified atom stereocenters. The van der Waals surface area contributed by atoms with Crippen LogP contribution < -0.4 is 0 Å². The molecule has 29 heavy (non-hydrogen) atoms. The van der Waals surface area contributed by atoms with Crippen molar-refractivity contribution in [1.82, 2.24) is 4.90 Å². The molecule has 4 aromatic carbocycles. The van der Waals surface area contributed by atoms with Gasteiger partial charge in [-0.2, -0.15) is 0 Å². The van der Waals surface area contributed by atoms with Gasteiger partial charge in [-0.25, -0.2) is 0 Å². The zero-order valence-corrected chi connectivity index (χ0v) is 16.9. The van der Waals surface area contributed by atoms with Crippen molar-refractivity contribution in [2.45, 2.75) is 51.2 Å². The number of benzene rings is 4. The van der Waals surface area contributed by atoms with Crippen molar-refractivity contribution in [3.05, 3.63) is 83.9 Å². The highest BCUT2D eigenvalue weighted by molar-refractivity contribution is 6.08. The highest BCUT2D eigenvalue weighted by Crippen LogP contribution is 2.43. The van der Waals surface area contributed by atoms with E-state index in [1.54, 1.807) is 0 Å². The molecular formula is C28H27N. The molecule has 1 fully saturated rings. The number of nitrogens with zero attached hydrogens (tertiary/aromatic N) is 1. The topological polar surface area (TPSA) is 3.24 Å². The van der Waals surface area contributed by atoms with Crippen LogP contribution >= 0.6 is 0 Å². The van der Waals surface area contributed by atoms with Crippen LogP contribution in [0.15, 0.2) is 72.8 Å². The Morgan fingerprint density at radius 3 is 1.62 bits per heavy atom. The SMILES string of the molecule is c1ccc2c3c(ccc2c1)CN(C1CCCCC1)Cc1ccc2ccccc2c1-3. The van der Waals surface area contributed by atoms with Crippen LogP contribution in [0.2, 0.25) is 0 Å². The second-order valence-corrected chi connectivity index (χ2v) is 8.84. The van der Waals surface area contributed by atoms with Crippen LogP contribution in [0.25, 0.3) is 32.7 Å². The van der Waals surface area contributed by atoms with Gasteiger partial charge in [0.05, 0.1) is 0 Å². The Morgan fingerprint density at radius 2 is 1.07 bits per heavy atom. The maximum Gasteiger partial charge on any atom is 0.0246 e. The molecule has 0 radical (unpaired) electrons. The lowest BCUT2D eigenvalue weighted by molar-refractivity contribution is 0.141. The lowest BCUT2D eigenvalue weighted by atomic mass is 9.88. The van der Waals surface area contributed by atoms with Gasteiger partial charge in [0.25, 0.3) is 0 Å². The van der Waals surface area contributed by atoms with Crippen molar-refractivity contribution in [3.63, 3.8) is 0 Å². The highest BCUT2D eigenvalue weighted by Gasteiger charge is 2.28. The van der Waals surface area contributed by atoms with Gasteiger partial charge in [0.15, 0.2) is 0 Å². The lowest BCUT2D eigenvalue weighted by Crippen LogP contribution is -2.35. The van der Waals surface area contributed by atoms with E-state index in [1.807, 2.05) is 0 Å². The first-order valence-electron chi connectivity index (χ1n) is 11.1. The van der Waals surface area contributed by atoms with Crippen LogP contribution in [0.4, 0.5) is 0 Å². The highest BCUT2D eigenvalue weighted by atomic mass is 15.2. The van der Waals surface area contributed by atoms with Gasteiger partial charge < -0.3 is 0 Å². The molecule has 6 rings (SSSR count). The van der Waals surface area contributed by atoms with Crippen LogP contribution in [0, 0.1) is 0 Å². The molecule has 0 aromatic heterocycles. The summed E-state index contributed by atoms with van der Waals surface area (Å²) in [4.78, 5) is 2.77. The maximum atomic E-state index is 2.77. The number of hydrogen-bond donors (Lipinski definition) is 0. The van der Waals surface area contributed by atoms with E-state index in [9.17, 15) is 0 Å². The summed E-state index contributed by atoms with van der Waals surface area (Å²) in [5.41, 5.74) is 5.91. The van der Waals surface area contributed by atoms with Crippen molar-refractivity contribution < 1.29 is 0 Å². The monoisotopic (exact) mass is 377 g/mol. The van der Waals surface area contributed by atoms with Gasteiger partial charge in [-0.15, -0.1) is 0 Å². The van der Waals surface area contributed by atoms with E-state index in [1.165, 1.54) is 75.9 Å². The summed E-state index contributed by atoms with van der Waals surface area (Å²) < 4.78 is 0. The van der Waals surface area contributed by atoms with E-state index in [0.29, 0.717) is 0 Å². The summed E-state index contributed by atoms with van der Waals surface area (Å²) in [6.07, 6.45) is 6.89. The molecule has 1 aliphatic heterocycles. The fraction of sp³-hybridized carbons (Fsp3) is 0.286. The maximum absolute atomic E-state index is 2.77. The molecule has 1 nitrogen and oxygen atoms in total. The molecule has 1 aliphatic carbocycles. The summed E-state index contributed by atoms with van der Waals surface area (Å²) in [5, 5.41) is 5.48. The Balaban J connectivity index is 1.65. The second kappa shape index (κ2) is 7.00. The fourth-order valence-electron chi connectivity index (χ4n) is 5.69. The third-order valence-corrected chi connectivity index (χ3v) is 7.12. The van der Waals surface area contributed by atoms with E-state index in [2.05, 4.69) is 77.7 Å². The minimum atomic E-state index is 0.723. The van der Waals surface area contributed by atoms with Gasteiger partial charge in [0.1, 0.15) is 0 Å².